The van der Waals surface area contributed by atoms with Crippen molar-refractivity contribution in [3.05, 3.63) is 66.3 Å². The van der Waals surface area contributed by atoms with Crippen molar-refractivity contribution in [3.8, 4) is 0 Å². The molecule has 0 saturated heterocycles. The van der Waals surface area contributed by atoms with E-state index in [1.165, 1.54) is 16.7 Å². The van der Waals surface area contributed by atoms with Crippen LogP contribution in [0.25, 0.3) is 5.57 Å². The molecule has 0 amide bonds. The lowest BCUT2D eigenvalue weighted by molar-refractivity contribution is 0.997. The minimum atomic E-state index is 1.12. The van der Waals surface area contributed by atoms with Crippen molar-refractivity contribution in [3.63, 3.8) is 0 Å². The molecule has 0 aromatic heterocycles. The van der Waals surface area contributed by atoms with Crippen molar-refractivity contribution in [1.82, 2.24) is 0 Å². The van der Waals surface area contributed by atoms with Crippen LogP contribution >= 0.6 is 0 Å². The first-order valence-electron chi connectivity index (χ1n) is 4.99. The molecular formula is C14H14. The molecular weight excluding hydrogens is 168 g/mol. The summed E-state index contributed by atoms with van der Waals surface area (Å²) in [5, 5.41) is 0. The summed E-state index contributed by atoms with van der Waals surface area (Å²) in [4.78, 5) is 0. The summed E-state index contributed by atoms with van der Waals surface area (Å²) < 4.78 is 0. The van der Waals surface area contributed by atoms with Gasteiger partial charge in [0.2, 0.25) is 0 Å². The molecule has 70 valence electrons. The highest BCUT2D eigenvalue weighted by atomic mass is 14.1. The summed E-state index contributed by atoms with van der Waals surface area (Å²) in [6.45, 7) is 3.87. The summed E-state index contributed by atoms with van der Waals surface area (Å²) in [5.41, 5.74) is 3.98. The third kappa shape index (κ3) is 1.69. The van der Waals surface area contributed by atoms with Crippen molar-refractivity contribution in [1.29, 1.82) is 0 Å². The molecule has 1 aliphatic rings. The second-order valence-corrected chi connectivity index (χ2v) is 3.45. The Labute approximate surface area is 85.3 Å². The van der Waals surface area contributed by atoms with Crippen LogP contribution in [0.4, 0.5) is 0 Å². The molecule has 2 rings (SSSR count). The largest absolute Gasteiger partial charge is 0.0988 e. The zero-order chi connectivity index (χ0) is 9.80. The highest BCUT2D eigenvalue weighted by Crippen LogP contribution is 2.27. The fourth-order valence-corrected chi connectivity index (χ4v) is 1.79. The Morgan fingerprint density at radius 1 is 1.14 bits per heavy atom. The number of hydrogen-bond acceptors (Lipinski definition) is 0. The number of benzene rings is 1. The van der Waals surface area contributed by atoms with Crippen LogP contribution in [0.3, 0.4) is 0 Å². The first-order valence-corrected chi connectivity index (χ1v) is 4.99. The van der Waals surface area contributed by atoms with E-state index < -0.39 is 0 Å². The van der Waals surface area contributed by atoms with Crippen LogP contribution in [0, 0.1) is 0 Å². The van der Waals surface area contributed by atoms with Gasteiger partial charge in [-0.15, -0.1) is 0 Å². The quantitative estimate of drug-likeness (QED) is 0.649. The maximum absolute atomic E-state index is 3.87. The highest BCUT2D eigenvalue weighted by Gasteiger charge is 2.06. The van der Waals surface area contributed by atoms with Crippen LogP contribution in [0.15, 0.2) is 60.7 Å². The number of rotatable bonds is 2. The molecule has 0 heteroatoms. The Bertz CT molecular complexity index is 380. The van der Waals surface area contributed by atoms with Crippen molar-refractivity contribution in [2.45, 2.75) is 12.8 Å². The lowest BCUT2D eigenvalue weighted by Crippen LogP contribution is -1.91. The molecule has 14 heavy (non-hydrogen) atoms. The number of hydrogen-bond donors (Lipinski definition) is 0. The van der Waals surface area contributed by atoms with Gasteiger partial charge in [-0.3, -0.25) is 0 Å². The normalized spacial score (nSPS) is 15.7. The Balaban J connectivity index is 2.46. The van der Waals surface area contributed by atoms with Gasteiger partial charge in [-0.2, -0.15) is 0 Å². The maximum atomic E-state index is 3.87. The summed E-state index contributed by atoms with van der Waals surface area (Å²) in [6.07, 6.45) is 8.67. The van der Waals surface area contributed by atoms with Crippen LogP contribution < -0.4 is 0 Å². The van der Waals surface area contributed by atoms with E-state index in [2.05, 4.69) is 43.0 Å². The standard InChI is InChI=1S/C14H14/c1-2-12-8-6-7-11-14(12)13-9-4-3-5-10-13/h2-5,7,9-11H,1,6,8H2. The Hall–Kier alpha value is -1.56. The second-order valence-electron chi connectivity index (χ2n) is 3.45. The minimum absolute atomic E-state index is 1.12. The van der Waals surface area contributed by atoms with Gasteiger partial charge in [0.15, 0.2) is 0 Å². The van der Waals surface area contributed by atoms with Crippen LogP contribution in [0.1, 0.15) is 18.4 Å². The summed E-state index contributed by atoms with van der Waals surface area (Å²) in [6, 6.07) is 10.5. The first kappa shape index (κ1) is 9.01. The zero-order valence-electron chi connectivity index (χ0n) is 8.24. The molecule has 0 radical (unpaired) electrons. The maximum Gasteiger partial charge on any atom is -0.0155 e. The summed E-state index contributed by atoms with van der Waals surface area (Å²) in [5.74, 6) is 0. The average molecular weight is 182 g/mol. The smallest absolute Gasteiger partial charge is 0.0155 e. The van der Waals surface area contributed by atoms with E-state index in [1.807, 2.05) is 12.1 Å². The fraction of sp³-hybridized carbons (Fsp3) is 0.143. The molecule has 0 saturated carbocycles. The number of allylic oxidation sites excluding steroid dienone is 5. The van der Waals surface area contributed by atoms with E-state index in [0.717, 1.165) is 12.8 Å². The van der Waals surface area contributed by atoms with Gasteiger partial charge in [0.05, 0.1) is 0 Å². The van der Waals surface area contributed by atoms with E-state index >= 15 is 0 Å². The van der Waals surface area contributed by atoms with Crippen LogP contribution in [-0.2, 0) is 0 Å². The zero-order valence-corrected chi connectivity index (χ0v) is 8.24. The summed E-state index contributed by atoms with van der Waals surface area (Å²) in [7, 11) is 0. The SMILES string of the molecule is C=CC1=C(c2ccccc2)C=CCC1. The molecule has 0 aliphatic heterocycles. The fourth-order valence-electron chi connectivity index (χ4n) is 1.79. The van der Waals surface area contributed by atoms with Crippen molar-refractivity contribution < 1.29 is 0 Å². The van der Waals surface area contributed by atoms with E-state index in [4.69, 9.17) is 0 Å². The van der Waals surface area contributed by atoms with Gasteiger partial charge in [0.1, 0.15) is 0 Å². The molecule has 1 aromatic carbocycles. The second kappa shape index (κ2) is 4.10. The van der Waals surface area contributed by atoms with E-state index in [-0.39, 0.29) is 0 Å². The van der Waals surface area contributed by atoms with Gasteiger partial charge >= 0.3 is 0 Å². The Morgan fingerprint density at radius 3 is 2.64 bits per heavy atom. The third-order valence-electron chi connectivity index (χ3n) is 2.54. The Morgan fingerprint density at radius 2 is 1.93 bits per heavy atom. The third-order valence-corrected chi connectivity index (χ3v) is 2.54. The highest BCUT2D eigenvalue weighted by molar-refractivity contribution is 5.79. The molecule has 0 N–H and O–H groups in total. The summed E-state index contributed by atoms with van der Waals surface area (Å²) >= 11 is 0. The Kier molecular flexibility index (Phi) is 2.64. The molecule has 0 fully saturated rings. The lowest BCUT2D eigenvalue weighted by Gasteiger charge is -2.12. The first-order chi connectivity index (χ1) is 6.92. The topological polar surface area (TPSA) is 0 Å². The van der Waals surface area contributed by atoms with Gasteiger partial charge in [0.25, 0.3) is 0 Å². The minimum Gasteiger partial charge on any atom is -0.0988 e. The van der Waals surface area contributed by atoms with Gasteiger partial charge in [-0.05, 0) is 29.6 Å². The van der Waals surface area contributed by atoms with Gasteiger partial charge in [-0.25, -0.2) is 0 Å². The molecule has 1 aliphatic carbocycles. The predicted molar refractivity (Wildman–Crippen MR) is 61.9 cm³/mol. The molecule has 0 bridgehead atoms. The van der Waals surface area contributed by atoms with Crippen molar-refractivity contribution in [2.24, 2.45) is 0 Å². The van der Waals surface area contributed by atoms with E-state index in [1.54, 1.807) is 0 Å². The van der Waals surface area contributed by atoms with Crippen molar-refractivity contribution >= 4 is 5.57 Å². The van der Waals surface area contributed by atoms with Crippen LogP contribution in [0.2, 0.25) is 0 Å². The monoisotopic (exact) mass is 182 g/mol. The molecule has 0 spiro atoms. The van der Waals surface area contributed by atoms with E-state index in [0.29, 0.717) is 0 Å². The van der Waals surface area contributed by atoms with Crippen LogP contribution in [0.5, 0.6) is 0 Å². The average Bonchev–Trinajstić information content (AvgIpc) is 2.30. The molecule has 0 unspecified atom stereocenters. The van der Waals surface area contributed by atoms with E-state index in [9.17, 15) is 0 Å². The molecule has 0 nitrogen and oxygen atoms in total. The predicted octanol–water partition coefficient (Wildman–Crippen LogP) is 3.98. The van der Waals surface area contributed by atoms with Gasteiger partial charge < -0.3 is 0 Å². The van der Waals surface area contributed by atoms with Crippen LogP contribution in [-0.4, -0.2) is 0 Å². The molecule has 1 aromatic rings. The molecule has 0 atom stereocenters. The lowest BCUT2D eigenvalue weighted by atomic mass is 9.92. The molecule has 0 heterocycles. The van der Waals surface area contributed by atoms with Crippen molar-refractivity contribution in [2.75, 3.05) is 0 Å². The van der Waals surface area contributed by atoms with Gasteiger partial charge in [-0.1, -0.05) is 55.1 Å². The van der Waals surface area contributed by atoms with Gasteiger partial charge in [0, 0.05) is 0 Å².